The first-order valence-electron chi connectivity index (χ1n) is 9.60. The standard InChI is InChI=1S/C22H28N4O4/c1-15-5-4-6-16(2)22(15)25-20(28)13-24-21(29)14-26(12-11-19(23)27)17-7-9-18(30-3)10-8-17/h4-10H,11-14H2,1-3H3,(H2,23,27)(H,24,29)(H,25,28). The van der Waals surface area contributed by atoms with Crippen molar-refractivity contribution in [2.24, 2.45) is 5.73 Å². The number of ether oxygens (including phenoxy) is 1. The number of hydrogen-bond acceptors (Lipinski definition) is 5. The number of nitrogens with zero attached hydrogens (tertiary/aromatic N) is 1. The molecule has 0 unspecified atom stereocenters. The predicted octanol–water partition coefficient (Wildman–Crippen LogP) is 1.75. The van der Waals surface area contributed by atoms with Crippen LogP contribution in [-0.2, 0) is 14.4 Å². The summed E-state index contributed by atoms with van der Waals surface area (Å²) in [6.45, 7) is 3.93. The maximum Gasteiger partial charge on any atom is 0.243 e. The molecule has 3 amide bonds. The molecular weight excluding hydrogens is 384 g/mol. The van der Waals surface area contributed by atoms with Gasteiger partial charge in [-0.15, -0.1) is 0 Å². The Bertz CT molecular complexity index is 876. The lowest BCUT2D eigenvalue weighted by atomic mass is 10.1. The Balaban J connectivity index is 1.95. The highest BCUT2D eigenvalue weighted by molar-refractivity contribution is 5.96. The fourth-order valence-electron chi connectivity index (χ4n) is 2.94. The zero-order valence-corrected chi connectivity index (χ0v) is 17.5. The molecular formula is C22H28N4O4. The molecule has 0 aliphatic rings. The Morgan fingerprint density at radius 3 is 2.20 bits per heavy atom. The first kappa shape index (κ1) is 22.7. The summed E-state index contributed by atoms with van der Waals surface area (Å²) < 4.78 is 5.14. The largest absolute Gasteiger partial charge is 0.497 e. The Morgan fingerprint density at radius 2 is 1.63 bits per heavy atom. The van der Waals surface area contributed by atoms with Crippen LogP contribution in [0.2, 0.25) is 0 Å². The van der Waals surface area contributed by atoms with Crippen LogP contribution in [0.3, 0.4) is 0 Å². The number of rotatable bonds is 10. The summed E-state index contributed by atoms with van der Waals surface area (Å²) in [4.78, 5) is 37.6. The molecule has 0 aliphatic carbocycles. The first-order chi connectivity index (χ1) is 14.3. The lowest BCUT2D eigenvalue weighted by Gasteiger charge is -2.24. The summed E-state index contributed by atoms with van der Waals surface area (Å²) in [5.41, 5.74) is 8.64. The maximum atomic E-state index is 12.4. The topological polar surface area (TPSA) is 114 Å². The molecule has 0 aromatic heterocycles. The fraction of sp³-hybridized carbons (Fsp3) is 0.318. The van der Waals surface area contributed by atoms with E-state index in [0.717, 1.165) is 22.5 Å². The van der Waals surface area contributed by atoms with Gasteiger partial charge >= 0.3 is 0 Å². The van der Waals surface area contributed by atoms with Crippen LogP contribution in [0.15, 0.2) is 42.5 Å². The predicted molar refractivity (Wildman–Crippen MR) is 117 cm³/mol. The summed E-state index contributed by atoms with van der Waals surface area (Å²) in [5.74, 6) is -0.427. The van der Waals surface area contributed by atoms with E-state index in [1.165, 1.54) is 0 Å². The van der Waals surface area contributed by atoms with E-state index in [1.54, 1.807) is 36.3 Å². The van der Waals surface area contributed by atoms with Crippen molar-refractivity contribution >= 4 is 29.1 Å². The Labute approximate surface area is 176 Å². The molecule has 0 radical (unpaired) electrons. The zero-order chi connectivity index (χ0) is 22.1. The average molecular weight is 412 g/mol. The van der Waals surface area contributed by atoms with Gasteiger partial charge < -0.3 is 26.0 Å². The van der Waals surface area contributed by atoms with Gasteiger partial charge in [-0.05, 0) is 49.2 Å². The van der Waals surface area contributed by atoms with Crippen LogP contribution in [0.4, 0.5) is 11.4 Å². The van der Waals surface area contributed by atoms with Crippen molar-refractivity contribution in [2.45, 2.75) is 20.3 Å². The number of nitrogens with one attached hydrogen (secondary N) is 2. The quantitative estimate of drug-likeness (QED) is 0.550. The fourth-order valence-corrected chi connectivity index (χ4v) is 2.94. The zero-order valence-electron chi connectivity index (χ0n) is 17.5. The number of anilines is 2. The molecule has 0 saturated carbocycles. The summed E-state index contributed by atoms with van der Waals surface area (Å²) in [5, 5.41) is 5.45. The van der Waals surface area contributed by atoms with Crippen molar-refractivity contribution in [3.63, 3.8) is 0 Å². The summed E-state index contributed by atoms with van der Waals surface area (Å²) in [6, 6.07) is 12.9. The average Bonchev–Trinajstić information content (AvgIpc) is 2.72. The Morgan fingerprint density at radius 1 is 1.00 bits per heavy atom. The lowest BCUT2D eigenvalue weighted by Crippen LogP contribution is -2.41. The molecule has 0 spiro atoms. The number of carbonyl (C=O) groups is 3. The highest BCUT2D eigenvalue weighted by Crippen LogP contribution is 2.20. The number of amides is 3. The van der Waals surface area contributed by atoms with Gasteiger partial charge in [-0.1, -0.05) is 18.2 Å². The number of hydrogen-bond donors (Lipinski definition) is 3. The van der Waals surface area contributed by atoms with Gasteiger partial charge in [0.15, 0.2) is 0 Å². The van der Waals surface area contributed by atoms with Crippen molar-refractivity contribution < 1.29 is 19.1 Å². The second-order valence-corrected chi connectivity index (χ2v) is 6.93. The van der Waals surface area contributed by atoms with Crippen molar-refractivity contribution in [1.29, 1.82) is 0 Å². The van der Waals surface area contributed by atoms with E-state index in [4.69, 9.17) is 10.5 Å². The third-order valence-electron chi connectivity index (χ3n) is 4.59. The number of nitrogens with two attached hydrogens (primary N) is 1. The second kappa shape index (κ2) is 10.8. The molecule has 2 aromatic rings. The summed E-state index contributed by atoms with van der Waals surface area (Å²) >= 11 is 0. The van der Waals surface area contributed by atoms with Gasteiger partial charge in [-0.25, -0.2) is 0 Å². The molecule has 0 fully saturated rings. The monoisotopic (exact) mass is 412 g/mol. The number of para-hydroxylation sites is 1. The van der Waals surface area contributed by atoms with Crippen LogP contribution in [-0.4, -0.2) is 44.5 Å². The Hall–Kier alpha value is -3.55. The van der Waals surface area contributed by atoms with Crippen molar-refractivity contribution in [3.8, 4) is 5.75 Å². The maximum absolute atomic E-state index is 12.4. The number of primary amides is 1. The van der Waals surface area contributed by atoms with Gasteiger partial charge in [0.2, 0.25) is 17.7 Å². The van der Waals surface area contributed by atoms with Crippen LogP contribution in [0, 0.1) is 13.8 Å². The molecule has 8 heteroatoms. The van der Waals surface area contributed by atoms with Gasteiger partial charge in [0.25, 0.3) is 0 Å². The van der Waals surface area contributed by atoms with Crippen molar-refractivity contribution in [3.05, 3.63) is 53.6 Å². The molecule has 2 aromatic carbocycles. The van der Waals surface area contributed by atoms with Gasteiger partial charge in [0.1, 0.15) is 5.75 Å². The summed E-state index contributed by atoms with van der Waals surface area (Å²) in [7, 11) is 1.57. The molecule has 30 heavy (non-hydrogen) atoms. The third-order valence-corrected chi connectivity index (χ3v) is 4.59. The Kier molecular flexibility index (Phi) is 8.22. The molecule has 8 nitrogen and oxygen atoms in total. The molecule has 4 N–H and O–H groups in total. The number of carbonyl (C=O) groups excluding carboxylic acids is 3. The molecule has 2 rings (SSSR count). The van der Waals surface area contributed by atoms with Gasteiger partial charge in [-0.3, -0.25) is 14.4 Å². The second-order valence-electron chi connectivity index (χ2n) is 6.93. The minimum absolute atomic E-state index is 0.0176. The SMILES string of the molecule is COc1ccc(N(CCC(N)=O)CC(=O)NCC(=O)Nc2c(C)cccc2C)cc1. The molecule has 160 valence electrons. The third kappa shape index (κ3) is 6.80. The van der Waals surface area contributed by atoms with Crippen molar-refractivity contribution in [2.75, 3.05) is 37.0 Å². The van der Waals surface area contributed by atoms with Crippen molar-refractivity contribution in [1.82, 2.24) is 5.32 Å². The number of methoxy groups -OCH3 is 1. The molecule has 0 bridgehead atoms. The van der Waals surface area contributed by atoms with E-state index in [2.05, 4.69) is 10.6 Å². The van der Waals surface area contributed by atoms with Gasteiger partial charge in [-0.2, -0.15) is 0 Å². The number of aryl methyl sites for hydroxylation is 2. The smallest absolute Gasteiger partial charge is 0.243 e. The highest BCUT2D eigenvalue weighted by atomic mass is 16.5. The van der Waals surface area contributed by atoms with E-state index < -0.39 is 5.91 Å². The van der Waals surface area contributed by atoms with Gasteiger partial charge in [0.05, 0.1) is 20.2 Å². The van der Waals surface area contributed by atoms with Crippen LogP contribution >= 0.6 is 0 Å². The lowest BCUT2D eigenvalue weighted by molar-refractivity contribution is -0.123. The highest BCUT2D eigenvalue weighted by Gasteiger charge is 2.14. The minimum Gasteiger partial charge on any atom is -0.497 e. The van der Waals surface area contributed by atoms with E-state index >= 15 is 0 Å². The number of benzene rings is 2. The van der Waals surface area contributed by atoms with E-state index in [9.17, 15) is 14.4 Å². The normalized spacial score (nSPS) is 10.2. The van der Waals surface area contributed by atoms with E-state index in [-0.39, 0.29) is 37.9 Å². The van der Waals surface area contributed by atoms with Crippen LogP contribution in [0.25, 0.3) is 0 Å². The molecule has 0 heterocycles. The van der Waals surface area contributed by atoms with E-state index in [0.29, 0.717) is 5.75 Å². The van der Waals surface area contributed by atoms with E-state index in [1.807, 2.05) is 32.0 Å². The van der Waals surface area contributed by atoms with Crippen LogP contribution in [0.1, 0.15) is 17.5 Å². The summed E-state index contributed by atoms with van der Waals surface area (Å²) in [6.07, 6.45) is 0.104. The molecule has 0 atom stereocenters. The first-order valence-corrected chi connectivity index (χ1v) is 9.60. The molecule has 0 saturated heterocycles. The minimum atomic E-state index is -0.457. The van der Waals surface area contributed by atoms with Crippen LogP contribution < -0.4 is 26.0 Å². The van der Waals surface area contributed by atoms with Crippen LogP contribution in [0.5, 0.6) is 5.75 Å². The van der Waals surface area contributed by atoms with Gasteiger partial charge in [0, 0.05) is 24.3 Å². The molecule has 0 aliphatic heterocycles.